The zero-order chi connectivity index (χ0) is 19.5. The Hall–Kier alpha value is -3.13. The molecule has 3 N–H and O–H groups in total. The number of hydrogen-bond donors (Lipinski definition) is 3. The van der Waals surface area contributed by atoms with Gasteiger partial charge in [-0.15, -0.1) is 0 Å². The van der Waals surface area contributed by atoms with E-state index in [4.69, 9.17) is 4.74 Å². The highest BCUT2D eigenvalue weighted by Gasteiger charge is 2.24. The van der Waals surface area contributed by atoms with Gasteiger partial charge in [-0.25, -0.2) is 4.79 Å². The molecule has 8 nitrogen and oxygen atoms in total. The average Bonchev–Trinajstić information content (AvgIpc) is 3.12. The van der Waals surface area contributed by atoms with Crippen LogP contribution in [0.25, 0.3) is 10.9 Å². The highest BCUT2D eigenvalue weighted by Crippen LogP contribution is 2.28. The van der Waals surface area contributed by atoms with Crippen LogP contribution in [-0.2, 0) is 6.54 Å². The van der Waals surface area contributed by atoms with Gasteiger partial charge < -0.3 is 15.2 Å². The molecule has 0 radical (unpaired) electrons. The zero-order valence-corrected chi connectivity index (χ0v) is 15.6. The second kappa shape index (κ2) is 7.85. The van der Waals surface area contributed by atoms with Crippen molar-refractivity contribution in [2.75, 3.05) is 11.9 Å². The lowest BCUT2D eigenvalue weighted by Gasteiger charge is -2.25. The molecule has 1 aromatic carbocycles. The van der Waals surface area contributed by atoms with Gasteiger partial charge in [0.1, 0.15) is 11.3 Å². The van der Waals surface area contributed by atoms with Gasteiger partial charge in [-0.1, -0.05) is 30.3 Å². The number of hydrogen-bond acceptors (Lipinski definition) is 5. The number of aliphatic hydroxyl groups excluding tert-OH is 1. The summed E-state index contributed by atoms with van der Waals surface area (Å²) in [7, 11) is 0. The molecular weight excluding hydrogens is 358 g/mol. The van der Waals surface area contributed by atoms with Gasteiger partial charge in [0.25, 0.3) is 0 Å². The molecule has 0 unspecified atom stereocenters. The molecule has 2 bridgehead atoms. The highest BCUT2D eigenvalue weighted by atomic mass is 16.5. The van der Waals surface area contributed by atoms with E-state index in [0.717, 1.165) is 16.5 Å². The number of nitrogens with one attached hydrogen (secondary N) is 2. The summed E-state index contributed by atoms with van der Waals surface area (Å²) in [5, 5.41) is 21.5. The van der Waals surface area contributed by atoms with Crippen molar-refractivity contribution >= 4 is 22.8 Å². The molecule has 8 heteroatoms. The van der Waals surface area contributed by atoms with Crippen molar-refractivity contribution in [3.05, 3.63) is 48.2 Å². The van der Waals surface area contributed by atoms with Gasteiger partial charge >= 0.3 is 6.03 Å². The molecule has 28 heavy (non-hydrogen) atoms. The van der Waals surface area contributed by atoms with Crippen molar-refractivity contribution in [3.63, 3.8) is 0 Å². The van der Waals surface area contributed by atoms with E-state index in [-0.39, 0.29) is 0 Å². The Kier molecular flexibility index (Phi) is 5.12. The standard InChI is InChI=1S/C20H23N5O3/c1-2-25-18-14(12-21-25)11-16-22-19(18)28-10-6-9-15(26)17(24-20(27)23-16)13-7-4-3-5-8-13/h3-5,7-8,11-12,15,17,26H,2,6,9-10H2,1H3,(H2,22,23,24,27)/t15-,17+/m1/s1. The van der Waals surface area contributed by atoms with E-state index >= 15 is 0 Å². The van der Waals surface area contributed by atoms with Crippen molar-refractivity contribution < 1.29 is 14.6 Å². The van der Waals surface area contributed by atoms with Gasteiger partial charge in [0, 0.05) is 11.9 Å². The third-order valence-electron chi connectivity index (χ3n) is 4.84. The molecule has 0 saturated heterocycles. The fourth-order valence-corrected chi connectivity index (χ4v) is 3.47. The lowest BCUT2D eigenvalue weighted by molar-refractivity contribution is 0.113. The number of rotatable bonds is 2. The SMILES string of the molecule is CCn1ncc2cc3nc(c21)OCCC[C@@H](O)[C@H](c1ccccc1)NC(=O)N3. The predicted molar refractivity (Wildman–Crippen MR) is 105 cm³/mol. The number of ether oxygens (including phenoxy) is 1. The van der Waals surface area contributed by atoms with Crippen molar-refractivity contribution in [1.29, 1.82) is 0 Å². The lowest BCUT2D eigenvalue weighted by atomic mass is 9.98. The summed E-state index contributed by atoms with van der Waals surface area (Å²) in [5.74, 6) is 0.805. The number of urea groups is 1. The van der Waals surface area contributed by atoms with E-state index in [0.29, 0.717) is 37.7 Å². The van der Waals surface area contributed by atoms with Gasteiger partial charge in [-0.05, 0) is 31.4 Å². The minimum Gasteiger partial charge on any atom is -0.476 e. The van der Waals surface area contributed by atoms with Gasteiger partial charge in [0.15, 0.2) is 0 Å². The molecule has 0 saturated carbocycles. The molecule has 4 rings (SSSR count). The summed E-state index contributed by atoms with van der Waals surface area (Å²) >= 11 is 0. The quantitative estimate of drug-likeness (QED) is 0.634. The van der Waals surface area contributed by atoms with Crippen LogP contribution in [0.4, 0.5) is 10.6 Å². The Morgan fingerprint density at radius 3 is 2.93 bits per heavy atom. The maximum Gasteiger partial charge on any atom is 0.320 e. The monoisotopic (exact) mass is 381 g/mol. The number of amides is 2. The smallest absolute Gasteiger partial charge is 0.320 e. The van der Waals surface area contributed by atoms with Crippen LogP contribution in [0.1, 0.15) is 31.4 Å². The molecule has 0 aliphatic carbocycles. The van der Waals surface area contributed by atoms with E-state index in [1.807, 2.05) is 41.9 Å². The second-order valence-corrected chi connectivity index (χ2v) is 6.76. The number of fused-ring (bicyclic) bond motifs is 4. The van der Waals surface area contributed by atoms with Crippen molar-refractivity contribution in [1.82, 2.24) is 20.1 Å². The summed E-state index contributed by atoms with van der Waals surface area (Å²) in [5.41, 5.74) is 1.64. The molecule has 3 aromatic rings. The first kappa shape index (κ1) is 18.2. The Labute approximate surface area is 162 Å². The minimum atomic E-state index is -0.733. The van der Waals surface area contributed by atoms with Crippen molar-refractivity contribution in [3.8, 4) is 5.88 Å². The van der Waals surface area contributed by atoms with Crippen LogP contribution in [0.2, 0.25) is 0 Å². The van der Waals surface area contributed by atoms with E-state index in [9.17, 15) is 9.90 Å². The van der Waals surface area contributed by atoms with E-state index in [1.165, 1.54) is 0 Å². The Balaban J connectivity index is 1.68. The normalized spacial score (nSPS) is 20.4. The summed E-state index contributed by atoms with van der Waals surface area (Å²) in [6.45, 7) is 3.09. The third-order valence-corrected chi connectivity index (χ3v) is 4.84. The van der Waals surface area contributed by atoms with Crippen molar-refractivity contribution in [2.24, 2.45) is 0 Å². The summed E-state index contributed by atoms with van der Waals surface area (Å²) in [4.78, 5) is 17.1. The molecule has 2 atom stereocenters. The van der Waals surface area contributed by atoms with Crippen molar-refractivity contribution in [2.45, 2.75) is 38.5 Å². The average molecular weight is 381 g/mol. The number of pyridine rings is 1. The van der Waals surface area contributed by atoms with Crippen LogP contribution in [0.3, 0.4) is 0 Å². The summed E-state index contributed by atoms with van der Waals surface area (Å²) in [6, 6.07) is 10.2. The molecule has 146 valence electrons. The Morgan fingerprint density at radius 1 is 1.32 bits per heavy atom. The first-order chi connectivity index (χ1) is 13.7. The number of carbonyl (C=O) groups is 1. The van der Waals surface area contributed by atoms with Gasteiger partial charge in [-0.3, -0.25) is 10.00 Å². The van der Waals surface area contributed by atoms with E-state index in [2.05, 4.69) is 20.7 Å². The number of aromatic nitrogens is 3. The molecule has 0 fully saturated rings. The van der Waals surface area contributed by atoms with Crippen LogP contribution in [0, 0.1) is 0 Å². The van der Waals surface area contributed by atoms with Crippen LogP contribution >= 0.6 is 0 Å². The molecule has 1 aliphatic rings. The summed E-state index contributed by atoms with van der Waals surface area (Å²) < 4.78 is 7.72. The lowest BCUT2D eigenvalue weighted by Crippen LogP contribution is -2.39. The summed E-state index contributed by atoms with van der Waals surface area (Å²) in [6.07, 6.45) is 2.11. The molecule has 2 amide bonds. The minimum absolute atomic E-state index is 0.373. The number of nitrogens with zero attached hydrogens (tertiary/aromatic N) is 3. The fraction of sp³-hybridized carbons (Fsp3) is 0.350. The molecule has 2 aromatic heterocycles. The Morgan fingerprint density at radius 2 is 2.14 bits per heavy atom. The Bertz CT molecular complexity index is 973. The fourth-order valence-electron chi connectivity index (χ4n) is 3.47. The molecular formula is C20H23N5O3. The highest BCUT2D eigenvalue weighted by molar-refractivity contribution is 5.92. The first-order valence-corrected chi connectivity index (χ1v) is 9.45. The maximum absolute atomic E-state index is 12.6. The topological polar surface area (TPSA) is 101 Å². The maximum atomic E-state index is 12.6. The van der Waals surface area contributed by atoms with Crippen LogP contribution < -0.4 is 15.4 Å². The number of anilines is 1. The van der Waals surface area contributed by atoms with Crippen LogP contribution in [-0.4, -0.2) is 38.6 Å². The largest absolute Gasteiger partial charge is 0.476 e. The number of benzene rings is 1. The first-order valence-electron chi connectivity index (χ1n) is 9.45. The second-order valence-electron chi connectivity index (χ2n) is 6.76. The number of aryl methyl sites for hydroxylation is 1. The number of aliphatic hydroxyl groups is 1. The van der Waals surface area contributed by atoms with Crippen LogP contribution in [0.5, 0.6) is 5.88 Å². The van der Waals surface area contributed by atoms with E-state index < -0.39 is 18.2 Å². The molecule has 1 aliphatic heterocycles. The van der Waals surface area contributed by atoms with Gasteiger partial charge in [0.2, 0.25) is 5.88 Å². The third kappa shape index (κ3) is 3.63. The predicted octanol–water partition coefficient (Wildman–Crippen LogP) is 2.85. The molecule has 3 heterocycles. The molecule has 0 spiro atoms. The van der Waals surface area contributed by atoms with Gasteiger partial charge in [0.05, 0.1) is 24.9 Å². The van der Waals surface area contributed by atoms with Crippen LogP contribution in [0.15, 0.2) is 42.6 Å². The van der Waals surface area contributed by atoms with Gasteiger partial charge in [-0.2, -0.15) is 10.1 Å². The van der Waals surface area contributed by atoms with E-state index in [1.54, 1.807) is 12.3 Å². The zero-order valence-electron chi connectivity index (χ0n) is 15.6. The number of carbonyl (C=O) groups excluding carboxylic acids is 1.